The summed E-state index contributed by atoms with van der Waals surface area (Å²) in [6.07, 6.45) is 0. The number of benzene rings is 3. The van der Waals surface area contributed by atoms with Crippen molar-refractivity contribution in [1.82, 2.24) is 30.1 Å². The summed E-state index contributed by atoms with van der Waals surface area (Å²) in [7, 11) is 0. The minimum atomic E-state index is -0.493. The molecule has 1 saturated heterocycles. The second kappa shape index (κ2) is 10.1. The SMILES string of the molecule is O=c1[nH]c2cc3c(cc2cc1[C@@H](c1nnnn1Cc1ccccc1)N1CCN(c2ccc(F)cc2)CC1)OCO3. The molecule has 202 valence electrons. The molecule has 7 rings (SSSR count). The van der Waals surface area contributed by atoms with Crippen molar-refractivity contribution in [3.63, 3.8) is 0 Å². The number of H-pyrrole nitrogens is 1. The van der Waals surface area contributed by atoms with Crippen molar-refractivity contribution in [3.8, 4) is 11.5 Å². The van der Waals surface area contributed by atoms with E-state index in [4.69, 9.17) is 9.47 Å². The van der Waals surface area contributed by atoms with Gasteiger partial charge in [0.05, 0.1) is 12.1 Å². The van der Waals surface area contributed by atoms with Gasteiger partial charge < -0.3 is 19.4 Å². The lowest BCUT2D eigenvalue weighted by Crippen LogP contribution is -2.49. The molecular formula is C29H26FN7O3. The summed E-state index contributed by atoms with van der Waals surface area (Å²) in [6.45, 7) is 3.33. The molecule has 2 aromatic heterocycles. The smallest absolute Gasteiger partial charge is 0.253 e. The van der Waals surface area contributed by atoms with E-state index in [0.29, 0.717) is 61.1 Å². The number of tetrazole rings is 1. The number of fused-ring (bicyclic) bond motifs is 2. The Kier molecular flexibility index (Phi) is 6.12. The molecular weight excluding hydrogens is 513 g/mol. The first-order valence-electron chi connectivity index (χ1n) is 13.1. The first kappa shape index (κ1) is 24.3. The maximum absolute atomic E-state index is 13.6. The van der Waals surface area contributed by atoms with E-state index in [1.807, 2.05) is 42.5 Å². The first-order chi connectivity index (χ1) is 19.6. The molecule has 1 atom stereocenters. The van der Waals surface area contributed by atoms with Crippen LogP contribution in [0.15, 0.2) is 77.6 Å². The van der Waals surface area contributed by atoms with Gasteiger partial charge in [0.15, 0.2) is 17.3 Å². The Labute approximate surface area is 228 Å². The fourth-order valence-corrected chi connectivity index (χ4v) is 5.48. The van der Waals surface area contributed by atoms with Crippen LogP contribution in [0.25, 0.3) is 10.9 Å². The van der Waals surface area contributed by atoms with E-state index in [1.165, 1.54) is 12.1 Å². The summed E-state index contributed by atoms with van der Waals surface area (Å²) in [5.74, 6) is 1.58. The first-order valence-corrected chi connectivity index (χ1v) is 13.1. The van der Waals surface area contributed by atoms with Gasteiger partial charge in [-0.05, 0) is 52.4 Å². The molecule has 1 fully saturated rings. The largest absolute Gasteiger partial charge is 0.454 e. The molecule has 0 bridgehead atoms. The van der Waals surface area contributed by atoms with Crippen molar-refractivity contribution >= 4 is 16.6 Å². The predicted octanol–water partition coefficient (Wildman–Crippen LogP) is 3.34. The van der Waals surface area contributed by atoms with Crippen LogP contribution in [0.1, 0.15) is 23.0 Å². The molecule has 2 aliphatic rings. The summed E-state index contributed by atoms with van der Waals surface area (Å²) in [6, 6.07) is 21.6. The zero-order chi connectivity index (χ0) is 27.1. The van der Waals surface area contributed by atoms with Crippen molar-refractivity contribution in [2.24, 2.45) is 0 Å². The van der Waals surface area contributed by atoms with Crippen molar-refractivity contribution < 1.29 is 13.9 Å². The fourth-order valence-electron chi connectivity index (χ4n) is 5.48. The molecule has 0 radical (unpaired) electrons. The molecule has 2 aliphatic heterocycles. The third-order valence-electron chi connectivity index (χ3n) is 7.51. The van der Waals surface area contributed by atoms with Gasteiger partial charge in [0, 0.05) is 48.9 Å². The monoisotopic (exact) mass is 539 g/mol. The number of aromatic nitrogens is 5. The number of hydrogen-bond acceptors (Lipinski definition) is 8. The zero-order valence-corrected chi connectivity index (χ0v) is 21.5. The maximum atomic E-state index is 13.6. The minimum absolute atomic E-state index is 0.151. The zero-order valence-electron chi connectivity index (χ0n) is 21.5. The molecule has 3 aromatic carbocycles. The molecule has 10 nitrogen and oxygen atoms in total. The molecule has 0 amide bonds. The van der Waals surface area contributed by atoms with Gasteiger partial charge in [-0.25, -0.2) is 9.07 Å². The quantitative estimate of drug-likeness (QED) is 0.351. The topological polar surface area (TPSA) is 101 Å². The number of rotatable bonds is 6. The van der Waals surface area contributed by atoms with Crippen LogP contribution in [-0.2, 0) is 6.54 Å². The molecule has 0 unspecified atom stereocenters. The highest BCUT2D eigenvalue weighted by molar-refractivity contribution is 5.83. The summed E-state index contributed by atoms with van der Waals surface area (Å²) < 4.78 is 26.3. The summed E-state index contributed by atoms with van der Waals surface area (Å²) >= 11 is 0. The van der Waals surface area contributed by atoms with Gasteiger partial charge in [-0.2, -0.15) is 0 Å². The number of ether oxygens (including phenoxy) is 2. The molecule has 4 heterocycles. The highest BCUT2D eigenvalue weighted by Gasteiger charge is 2.33. The Bertz CT molecular complexity index is 1710. The average Bonchev–Trinajstić information content (AvgIpc) is 3.63. The third-order valence-corrected chi connectivity index (χ3v) is 7.51. The predicted molar refractivity (Wildman–Crippen MR) is 146 cm³/mol. The van der Waals surface area contributed by atoms with Crippen LogP contribution in [0.5, 0.6) is 11.5 Å². The lowest BCUT2D eigenvalue weighted by atomic mass is 10.0. The maximum Gasteiger partial charge on any atom is 0.253 e. The van der Waals surface area contributed by atoms with Crippen LogP contribution < -0.4 is 19.9 Å². The molecule has 0 saturated carbocycles. The van der Waals surface area contributed by atoms with Gasteiger partial charge >= 0.3 is 0 Å². The van der Waals surface area contributed by atoms with E-state index in [0.717, 1.165) is 16.6 Å². The summed E-state index contributed by atoms with van der Waals surface area (Å²) in [5.41, 5.74) is 3.02. The lowest BCUT2D eigenvalue weighted by Gasteiger charge is -2.39. The van der Waals surface area contributed by atoms with E-state index in [1.54, 1.807) is 22.9 Å². The molecule has 40 heavy (non-hydrogen) atoms. The van der Waals surface area contributed by atoms with Crippen LogP contribution in [-0.4, -0.2) is 63.1 Å². The number of nitrogens with one attached hydrogen (secondary N) is 1. The lowest BCUT2D eigenvalue weighted by molar-refractivity contribution is 0.174. The fraction of sp³-hybridized carbons (Fsp3) is 0.241. The normalized spacial score (nSPS) is 16.0. The molecule has 1 N–H and O–H groups in total. The van der Waals surface area contributed by atoms with Crippen molar-refractivity contribution in [2.45, 2.75) is 12.6 Å². The molecule has 5 aromatic rings. The van der Waals surface area contributed by atoms with Gasteiger partial charge in [0.1, 0.15) is 11.9 Å². The summed E-state index contributed by atoms with van der Waals surface area (Å²) in [4.78, 5) is 21.1. The number of pyridine rings is 1. The van der Waals surface area contributed by atoms with Crippen LogP contribution in [0, 0.1) is 5.82 Å². The molecule has 11 heteroatoms. The number of hydrogen-bond donors (Lipinski definition) is 1. The number of piperazine rings is 1. The Morgan fingerprint density at radius 3 is 2.45 bits per heavy atom. The third kappa shape index (κ3) is 4.54. The van der Waals surface area contributed by atoms with Crippen molar-refractivity contribution in [3.05, 3.63) is 106 Å². The highest BCUT2D eigenvalue weighted by Crippen LogP contribution is 2.36. The number of halogens is 1. The van der Waals surface area contributed by atoms with E-state index in [2.05, 4.69) is 30.3 Å². The number of nitrogens with zero attached hydrogens (tertiary/aromatic N) is 6. The van der Waals surface area contributed by atoms with Crippen LogP contribution in [0.3, 0.4) is 0 Å². The van der Waals surface area contributed by atoms with Gasteiger partial charge in [0.2, 0.25) is 6.79 Å². The van der Waals surface area contributed by atoms with Crippen molar-refractivity contribution in [1.29, 1.82) is 0 Å². The molecule has 0 aliphatic carbocycles. The number of anilines is 1. The second-order valence-electron chi connectivity index (χ2n) is 9.93. The van der Waals surface area contributed by atoms with Crippen LogP contribution >= 0.6 is 0 Å². The van der Waals surface area contributed by atoms with Gasteiger partial charge in [-0.3, -0.25) is 9.69 Å². The highest BCUT2D eigenvalue weighted by atomic mass is 19.1. The van der Waals surface area contributed by atoms with Crippen LogP contribution in [0.4, 0.5) is 10.1 Å². The van der Waals surface area contributed by atoms with Crippen LogP contribution in [0.2, 0.25) is 0 Å². The van der Waals surface area contributed by atoms with Gasteiger partial charge in [0.25, 0.3) is 5.56 Å². The Balaban J connectivity index is 1.27. The van der Waals surface area contributed by atoms with Gasteiger partial charge in [-0.15, -0.1) is 5.10 Å². The standard InChI is InChI=1S/C29H26FN7O3/c30-21-6-8-22(9-7-21)35-10-12-36(13-11-35)27(28-32-33-34-37(28)17-19-4-2-1-3-5-19)23-14-20-15-25-26(40-18-39-25)16-24(20)31-29(23)38/h1-9,14-16,27H,10-13,17-18H2,(H,31,38)/t27-/m0/s1. The second-order valence-corrected chi connectivity index (χ2v) is 9.93. The van der Waals surface area contributed by atoms with E-state index < -0.39 is 6.04 Å². The van der Waals surface area contributed by atoms with E-state index in [-0.39, 0.29) is 18.2 Å². The van der Waals surface area contributed by atoms with E-state index in [9.17, 15) is 9.18 Å². The Morgan fingerprint density at radius 1 is 0.925 bits per heavy atom. The Morgan fingerprint density at radius 2 is 1.68 bits per heavy atom. The van der Waals surface area contributed by atoms with E-state index >= 15 is 0 Å². The van der Waals surface area contributed by atoms with Gasteiger partial charge in [-0.1, -0.05) is 30.3 Å². The summed E-state index contributed by atoms with van der Waals surface area (Å²) in [5, 5.41) is 13.6. The average molecular weight is 540 g/mol. The minimum Gasteiger partial charge on any atom is -0.454 e. The van der Waals surface area contributed by atoms with Crippen molar-refractivity contribution in [2.75, 3.05) is 37.9 Å². The molecule has 0 spiro atoms. The number of aromatic amines is 1. The Hall–Kier alpha value is -4.77.